The van der Waals surface area contributed by atoms with Gasteiger partial charge in [-0.15, -0.1) is 5.92 Å². The summed E-state index contributed by atoms with van der Waals surface area (Å²) in [6.07, 6.45) is -1.72. The van der Waals surface area contributed by atoms with E-state index >= 15 is 0 Å². The Labute approximate surface area is 125 Å². The maximum Gasteiger partial charge on any atom is 0.417 e. The normalized spacial score (nSPS) is 10.5. The molecule has 1 amide bonds. The minimum atomic E-state index is -4.55. The Balaban J connectivity index is 2.33. The van der Waals surface area contributed by atoms with Crippen molar-refractivity contribution in [1.82, 2.24) is 4.98 Å². The van der Waals surface area contributed by atoms with E-state index in [1.807, 2.05) is 0 Å². The summed E-state index contributed by atoms with van der Waals surface area (Å²) in [4.78, 5) is 15.7. The van der Waals surface area contributed by atoms with Crippen molar-refractivity contribution in [3.05, 3.63) is 59.4 Å². The summed E-state index contributed by atoms with van der Waals surface area (Å²) >= 11 is 0. The van der Waals surface area contributed by atoms with Gasteiger partial charge in [-0.25, -0.2) is 0 Å². The van der Waals surface area contributed by atoms with E-state index in [1.165, 1.54) is 37.5 Å². The van der Waals surface area contributed by atoms with Gasteiger partial charge in [-0.3, -0.25) is 9.78 Å². The molecule has 1 aromatic carbocycles. The average molecular weight is 304 g/mol. The third kappa shape index (κ3) is 3.64. The van der Waals surface area contributed by atoms with Gasteiger partial charge in [-0.05, 0) is 37.3 Å². The van der Waals surface area contributed by atoms with Gasteiger partial charge in [0.05, 0.1) is 11.1 Å². The number of hydrogen-bond donors (Lipinski definition) is 1. The molecule has 1 N–H and O–H groups in total. The molecule has 0 fully saturated rings. The molecule has 2 aromatic rings. The number of amides is 1. The zero-order chi connectivity index (χ0) is 16.2. The third-order valence-corrected chi connectivity index (χ3v) is 2.77. The number of aromatic nitrogens is 1. The number of carbonyl (C=O) groups excluding carboxylic acids is 1. The second-order valence-electron chi connectivity index (χ2n) is 4.33. The van der Waals surface area contributed by atoms with E-state index in [0.717, 1.165) is 6.07 Å². The minimum absolute atomic E-state index is 0.0443. The first-order chi connectivity index (χ1) is 10.4. The van der Waals surface area contributed by atoms with Gasteiger partial charge >= 0.3 is 6.18 Å². The van der Waals surface area contributed by atoms with Crippen LogP contribution in [0.5, 0.6) is 0 Å². The Kier molecular flexibility index (Phi) is 4.47. The van der Waals surface area contributed by atoms with Crippen LogP contribution >= 0.6 is 0 Å². The lowest BCUT2D eigenvalue weighted by molar-refractivity contribution is -0.137. The van der Waals surface area contributed by atoms with Gasteiger partial charge in [0.25, 0.3) is 5.91 Å². The largest absolute Gasteiger partial charge is 0.417 e. The molecule has 2 rings (SSSR count). The van der Waals surface area contributed by atoms with Crippen molar-refractivity contribution in [1.29, 1.82) is 0 Å². The standard InChI is InChI=1S/C16H11F3N2O/c1-2-4-11-6-7-13(9-14(11)16(17,18)19)21-15(22)12-5-3-8-20-10-12/h3,5-10H,1H3,(H,21,22). The third-order valence-electron chi connectivity index (χ3n) is 2.77. The summed E-state index contributed by atoms with van der Waals surface area (Å²) in [6, 6.07) is 6.56. The summed E-state index contributed by atoms with van der Waals surface area (Å²) in [6.45, 7) is 1.46. The van der Waals surface area contributed by atoms with Crippen LogP contribution in [0, 0.1) is 11.8 Å². The fourth-order valence-electron chi connectivity index (χ4n) is 1.80. The summed E-state index contributed by atoms with van der Waals surface area (Å²) in [5.74, 6) is 4.31. The molecule has 112 valence electrons. The second-order valence-corrected chi connectivity index (χ2v) is 4.33. The molecule has 3 nitrogen and oxygen atoms in total. The lowest BCUT2D eigenvalue weighted by Gasteiger charge is -2.12. The van der Waals surface area contributed by atoms with Crippen molar-refractivity contribution in [3.8, 4) is 11.8 Å². The first-order valence-electron chi connectivity index (χ1n) is 6.27. The average Bonchev–Trinajstić information content (AvgIpc) is 2.49. The number of pyridine rings is 1. The van der Waals surface area contributed by atoms with E-state index in [0.29, 0.717) is 0 Å². The molecule has 22 heavy (non-hydrogen) atoms. The molecule has 6 heteroatoms. The van der Waals surface area contributed by atoms with Gasteiger partial charge in [0.2, 0.25) is 0 Å². The van der Waals surface area contributed by atoms with Crippen molar-refractivity contribution < 1.29 is 18.0 Å². The van der Waals surface area contributed by atoms with Crippen molar-refractivity contribution in [2.45, 2.75) is 13.1 Å². The smallest absolute Gasteiger partial charge is 0.322 e. The Morgan fingerprint density at radius 3 is 2.64 bits per heavy atom. The van der Waals surface area contributed by atoms with Crippen molar-refractivity contribution in [2.75, 3.05) is 5.32 Å². The monoisotopic (exact) mass is 304 g/mol. The fraction of sp³-hybridized carbons (Fsp3) is 0.125. The highest BCUT2D eigenvalue weighted by Gasteiger charge is 2.33. The Bertz CT molecular complexity index is 743. The molecule has 0 aliphatic rings. The molecule has 0 bridgehead atoms. The lowest BCUT2D eigenvalue weighted by atomic mass is 10.1. The van der Waals surface area contributed by atoms with E-state index in [4.69, 9.17) is 0 Å². The molecule has 0 aliphatic carbocycles. The van der Waals surface area contributed by atoms with Crippen LogP contribution in [0.25, 0.3) is 0 Å². The number of hydrogen-bond acceptors (Lipinski definition) is 2. The Morgan fingerprint density at radius 1 is 1.27 bits per heavy atom. The van der Waals surface area contributed by atoms with E-state index in [1.54, 1.807) is 6.07 Å². The molecule has 0 saturated heterocycles. The van der Waals surface area contributed by atoms with Gasteiger partial charge in [0.1, 0.15) is 0 Å². The molecule has 0 atom stereocenters. The number of carbonyl (C=O) groups is 1. The summed E-state index contributed by atoms with van der Waals surface area (Å²) < 4.78 is 39.1. The van der Waals surface area contributed by atoms with Crippen LogP contribution in [-0.4, -0.2) is 10.9 Å². The van der Waals surface area contributed by atoms with E-state index in [2.05, 4.69) is 22.1 Å². The lowest BCUT2D eigenvalue weighted by Crippen LogP contribution is -2.14. The van der Waals surface area contributed by atoms with Crippen LogP contribution in [-0.2, 0) is 6.18 Å². The highest BCUT2D eigenvalue weighted by molar-refractivity contribution is 6.04. The minimum Gasteiger partial charge on any atom is -0.322 e. The number of alkyl halides is 3. The molecular weight excluding hydrogens is 293 g/mol. The van der Waals surface area contributed by atoms with Crippen molar-refractivity contribution >= 4 is 11.6 Å². The van der Waals surface area contributed by atoms with Gasteiger partial charge < -0.3 is 5.32 Å². The van der Waals surface area contributed by atoms with E-state index < -0.39 is 17.6 Å². The predicted octanol–water partition coefficient (Wildman–Crippen LogP) is 3.72. The van der Waals surface area contributed by atoms with Crippen LogP contribution in [0.15, 0.2) is 42.7 Å². The van der Waals surface area contributed by atoms with Gasteiger partial charge in [-0.2, -0.15) is 13.2 Å². The summed E-state index contributed by atoms with van der Waals surface area (Å²) in [5.41, 5.74) is -0.712. The molecule has 0 spiro atoms. The summed E-state index contributed by atoms with van der Waals surface area (Å²) in [5, 5.41) is 2.41. The molecule has 0 unspecified atom stereocenters. The first kappa shape index (κ1) is 15.6. The van der Waals surface area contributed by atoms with Crippen molar-refractivity contribution in [3.63, 3.8) is 0 Å². The Morgan fingerprint density at radius 2 is 2.05 bits per heavy atom. The van der Waals surface area contributed by atoms with Crippen LogP contribution < -0.4 is 5.32 Å². The fourth-order valence-corrected chi connectivity index (χ4v) is 1.80. The van der Waals surface area contributed by atoms with E-state index in [9.17, 15) is 18.0 Å². The highest BCUT2D eigenvalue weighted by Crippen LogP contribution is 2.33. The zero-order valence-corrected chi connectivity index (χ0v) is 11.5. The number of halogens is 3. The number of benzene rings is 1. The molecule has 0 radical (unpaired) electrons. The molecule has 1 heterocycles. The van der Waals surface area contributed by atoms with Crippen LogP contribution in [0.4, 0.5) is 18.9 Å². The zero-order valence-electron chi connectivity index (χ0n) is 11.5. The quantitative estimate of drug-likeness (QED) is 0.859. The SMILES string of the molecule is CC#Cc1ccc(NC(=O)c2cccnc2)cc1C(F)(F)F. The van der Waals surface area contributed by atoms with Crippen LogP contribution in [0.3, 0.4) is 0 Å². The Hall–Kier alpha value is -2.81. The number of anilines is 1. The van der Waals surface area contributed by atoms with Crippen molar-refractivity contribution in [2.24, 2.45) is 0 Å². The first-order valence-corrected chi connectivity index (χ1v) is 6.27. The highest BCUT2D eigenvalue weighted by atomic mass is 19.4. The van der Waals surface area contributed by atoms with Crippen LogP contribution in [0.2, 0.25) is 0 Å². The summed E-state index contributed by atoms with van der Waals surface area (Å²) in [7, 11) is 0. The number of rotatable bonds is 2. The van der Waals surface area contributed by atoms with Gasteiger partial charge in [0, 0.05) is 23.6 Å². The topological polar surface area (TPSA) is 42.0 Å². The number of nitrogens with one attached hydrogen (secondary N) is 1. The van der Waals surface area contributed by atoms with E-state index in [-0.39, 0.29) is 16.8 Å². The predicted molar refractivity (Wildman–Crippen MR) is 76.2 cm³/mol. The van der Waals surface area contributed by atoms with Gasteiger partial charge in [0.15, 0.2) is 0 Å². The molecule has 0 saturated carbocycles. The van der Waals surface area contributed by atoms with Gasteiger partial charge in [-0.1, -0.05) is 5.92 Å². The van der Waals surface area contributed by atoms with Crippen LogP contribution in [0.1, 0.15) is 28.4 Å². The maximum atomic E-state index is 13.0. The molecule has 1 aromatic heterocycles. The molecular formula is C16H11F3N2O. The molecule has 0 aliphatic heterocycles. The second kappa shape index (κ2) is 6.31. The maximum absolute atomic E-state index is 13.0. The number of nitrogens with zero attached hydrogens (tertiary/aromatic N) is 1.